The number of rotatable bonds is 5. The van der Waals surface area contributed by atoms with Crippen LogP contribution < -0.4 is 11.1 Å². The molecule has 0 aromatic carbocycles. The van der Waals surface area contributed by atoms with E-state index in [1.807, 2.05) is 17.0 Å². The molecule has 33 heavy (non-hydrogen) atoms. The summed E-state index contributed by atoms with van der Waals surface area (Å²) in [5, 5.41) is 3.22. The molecule has 7 heteroatoms. The molecule has 3 N–H and O–H groups in total. The lowest BCUT2D eigenvalue weighted by Crippen LogP contribution is -2.40. The SMILES string of the molecule is C=C1CC2(CNC(=O)c3cccc4nc(C(=O)N5CCCC5CN)cn34)CC3CC3(C)C1C2. The van der Waals surface area contributed by atoms with Gasteiger partial charge in [0.1, 0.15) is 17.0 Å². The van der Waals surface area contributed by atoms with Crippen LogP contribution in [0.25, 0.3) is 5.65 Å². The lowest BCUT2D eigenvalue weighted by molar-refractivity contribution is 0.0735. The van der Waals surface area contributed by atoms with Crippen LogP contribution in [0.4, 0.5) is 0 Å². The van der Waals surface area contributed by atoms with Crippen molar-refractivity contribution in [3.8, 4) is 0 Å². The van der Waals surface area contributed by atoms with Crippen molar-refractivity contribution in [2.24, 2.45) is 28.4 Å². The molecule has 2 aromatic heterocycles. The molecule has 4 aliphatic rings. The number of nitrogens with one attached hydrogen (secondary N) is 1. The maximum absolute atomic E-state index is 13.2. The topological polar surface area (TPSA) is 92.7 Å². The van der Waals surface area contributed by atoms with Crippen LogP contribution in [0.3, 0.4) is 0 Å². The van der Waals surface area contributed by atoms with Gasteiger partial charge in [0.2, 0.25) is 0 Å². The van der Waals surface area contributed by atoms with Gasteiger partial charge in [-0.05, 0) is 73.3 Å². The number of pyridine rings is 1. The molecule has 3 saturated carbocycles. The summed E-state index contributed by atoms with van der Waals surface area (Å²) in [7, 11) is 0. The fourth-order valence-electron chi connectivity index (χ4n) is 7.20. The van der Waals surface area contributed by atoms with E-state index in [1.165, 1.54) is 18.4 Å². The first kappa shape index (κ1) is 20.9. The van der Waals surface area contributed by atoms with Crippen molar-refractivity contribution in [2.45, 2.75) is 51.5 Å². The van der Waals surface area contributed by atoms with Crippen LogP contribution in [0.2, 0.25) is 0 Å². The van der Waals surface area contributed by atoms with Gasteiger partial charge >= 0.3 is 0 Å². The van der Waals surface area contributed by atoms with E-state index in [0.29, 0.717) is 48.0 Å². The quantitative estimate of drug-likeness (QED) is 0.689. The smallest absolute Gasteiger partial charge is 0.274 e. The van der Waals surface area contributed by atoms with Crippen LogP contribution in [-0.2, 0) is 0 Å². The van der Waals surface area contributed by atoms with Gasteiger partial charge in [0.05, 0.1) is 0 Å². The predicted molar refractivity (Wildman–Crippen MR) is 126 cm³/mol. The first-order chi connectivity index (χ1) is 15.8. The Labute approximate surface area is 194 Å². The number of hydrogen-bond acceptors (Lipinski definition) is 4. The average molecular weight is 448 g/mol. The third-order valence-corrected chi connectivity index (χ3v) is 9.14. The highest BCUT2D eigenvalue weighted by atomic mass is 16.2. The summed E-state index contributed by atoms with van der Waals surface area (Å²) >= 11 is 0. The zero-order valence-electron chi connectivity index (χ0n) is 19.3. The summed E-state index contributed by atoms with van der Waals surface area (Å²) in [4.78, 5) is 32.7. The molecule has 2 aromatic rings. The highest BCUT2D eigenvalue weighted by Crippen LogP contribution is 2.73. The van der Waals surface area contributed by atoms with Gasteiger partial charge in [0.25, 0.3) is 11.8 Å². The largest absolute Gasteiger partial charge is 0.350 e. The zero-order valence-corrected chi connectivity index (χ0v) is 19.3. The van der Waals surface area contributed by atoms with E-state index in [0.717, 1.165) is 31.6 Å². The standard InChI is InChI=1S/C26H33N5O2/c1-16-9-26(11-17-10-25(17,2)19(16)12-26)15-28-23(32)21-6-3-7-22-29-20(14-31(21)22)24(33)30-8-4-5-18(30)13-27/h3,6-7,14,17-19H,1,4-5,8-13,15,27H2,2H3,(H,28,32). The van der Waals surface area contributed by atoms with Crippen molar-refractivity contribution in [1.29, 1.82) is 0 Å². The first-order valence-corrected chi connectivity index (χ1v) is 12.3. The molecule has 2 bridgehead atoms. The first-order valence-electron chi connectivity index (χ1n) is 12.3. The lowest BCUT2D eigenvalue weighted by Gasteiger charge is -2.35. The van der Waals surface area contributed by atoms with Gasteiger partial charge in [-0.25, -0.2) is 4.98 Å². The van der Waals surface area contributed by atoms with Crippen molar-refractivity contribution in [3.05, 3.63) is 47.9 Å². The maximum atomic E-state index is 13.2. The van der Waals surface area contributed by atoms with Crippen molar-refractivity contribution < 1.29 is 9.59 Å². The summed E-state index contributed by atoms with van der Waals surface area (Å²) in [6.45, 7) is 8.64. The zero-order chi connectivity index (χ0) is 23.0. The van der Waals surface area contributed by atoms with E-state index in [2.05, 4.69) is 23.8 Å². The van der Waals surface area contributed by atoms with Crippen molar-refractivity contribution in [1.82, 2.24) is 19.6 Å². The minimum Gasteiger partial charge on any atom is -0.350 e. The molecule has 4 fully saturated rings. The number of aromatic nitrogens is 2. The fraction of sp³-hybridized carbons (Fsp3) is 0.577. The van der Waals surface area contributed by atoms with E-state index < -0.39 is 0 Å². The highest BCUT2D eigenvalue weighted by Gasteiger charge is 2.65. The second kappa shape index (κ2) is 7.16. The van der Waals surface area contributed by atoms with Gasteiger partial charge in [0, 0.05) is 31.9 Å². The number of allylic oxidation sites excluding steroid dienone is 1. The van der Waals surface area contributed by atoms with Crippen molar-refractivity contribution in [2.75, 3.05) is 19.6 Å². The Morgan fingerprint density at radius 2 is 2.15 bits per heavy atom. The fourth-order valence-corrected chi connectivity index (χ4v) is 7.20. The number of imidazole rings is 1. The van der Waals surface area contributed by atoms with Crippen molar-refractivity contribution in [3.63, 3.8) is 0 Å². The molecule has 5 unspecified atom stereocenters. The van der Waals surface area contributed by atoms with Gasteiger partial charge in [-0.15, -0.1) is 0 Å². The Morgan fingerprint density at radius 3 is 2.97 bits per heavy atom. The van der Waals surface area contributed by atoms with Crippen molar-refractivity contribution >= 4 is 17.5 Å². The van der Waals surface area contributed by atoms with Gasteiger partial charge in [0.15, 0.2) is 0 Å². The number of carbonyl (C=O) groups excluding carboxylic acids is 2. The molecular weight excluding hydrogens is 414 g/mol. The third-order valence-electron chi connectivity index (χ3n) is 9.14. The molecule has 174 valence electrons. The Kier molecular flexibility index (Phi) is 4.54. The molecule has 3 aliphatic carbocycles. The van der Waals surface area contributed by atoms with Gasteiger partial charge in [-0.2, -0.15) is 0 Å². The maximum Gasteiger partial charge on any atom is 0.274 e. The molecule has 5 atom stereocenters. The summed E-state index contributed by atoms with van der Waals surface area (Å²) in [5.74, 6) is 1.16. The third kappa shape index (κ3) is 3.15. The molecule has 3 heterocycles. The molecular formula is C26H33N5O2. The van der Waals surface area contributed by atoms with Gasteiger partial charge in [-0.3, -0.25) is 14.0 Å². The Bertz CT molecular complexity index is 1170. The number of amides is 2. The molecule has 6 rings (SSSR count). The van der Waals surface area contributed by atoms with Gasteiger partial charge < -0.3 is 16.0 Å². The van der Waals surface area contributed by atoms with Crippen LogP contribution in [0, 0.1) is 22.7 Å². The number of fused-ring (bicyclic) bond motifs is 5. The Morgan fingerprint density at radius 1 is 1.30 bits per heavy atom. The van der Waals surface area contributed by atoms with Crippen LogP contribution in [0.5, 0.6) is 0 Å². The molecule has 1 saturated heterocycles. The number of carbonyl (C=O) groups is 2. The summed E-state index contributed by atoms with van der Waals surface area (Å²) in [6.07, 6.45) is 8.24. The number of nitrogens with zero attached hydrogens (tertiary/aromatic N) is 3. The number of hydrogen-bond donors (Lipinski definition) is 2. The minimum absolute atomic E-state index is 0.0677. The molecule has 7 nitrogen and oxygen atoms in total. The minimum atomic E-state index is -0.120. The van der Waals surface area contributed by atoms with Crippen LogP contribution in [0.15, 0.2) is 36.5 Å². The van der Waals surface area contributed by atoms with Crippen LogP contribution in [-0.4, -0.2) is 51.8 Å². The molecule has 1 aliphatic heterocycles. The van der Waals surface area contributed by atoms with E-state index >= 15 is 0 Å². The van der Waals surface area contributed by atoms with Crippen LogP contribution in [0.1, 0.15) is 66.4 Å². The Balaban J connectivity index is 1.21. The predicted octanol–water partition coefficient (Wildman–Crippen LogP) is 3.01. The second-order valence-electron chi connectivity index (χ2n) is 11.2. The number of likely N-dealkylation sites (tertiary alicyclic amines) is 1. The monoisotopic (exact) mass is 447 g/mol. The van der Waals surface area contributed by atoms with E-state index in [9.17, 15) is 9.59 Å². The number of nitrogens with two attached hydrogens (primary N) is 1. The summed E-state index contributed by atoms with van der Waals surface area (Å²) < 4.78 is 1.74. The summed E-state index contributed by atoms with van der Waals surface area (Å²) in [6, 6.07) is 5.52. The molecule has 0 spiro atoms. The van der Waals surface area contributed by atoms with E-state index in [-0.39, 0.29) is 23.3 Å². The van der Waals surface area contributed by atoms with E-state index in [1.54, 1.807) is 16.7 Å². The van der Waals surface area contributed by atoms with Gasteiger partial charge in [-0.1, -0.05) is 25.1 Å². The Hall–Kier alpha value is -2.67. The van der Waals surface area contributed by atoms with Crippen LogP contribution >= 0.6 is 0 Å². The molecule has 0 radical (unpaired) electrons. The highest BCUT2D eigenvalue weighted by molar-refractivity contribution is 5.96. The normalized spacial score (nSPS) is 34.5. The molecule has 2 amide bonds. The second-order valence-corrected chi connectivity index (χ2v) is 11.2. The van der Waals surface area contributed by atoms with E-state index in [4.69, 9.17) is 5.73 Å². The lowest BCUT2D eigenvalue weighted by atomic mass is 9.71. The average Bonchev–Trinajstić information content (AvgIpc) is 3.19. The summed E-state index contributed by atoms with van der Waals surface area (Å²) in [5.41, 5.74) is 9.32.